The highest BCUT2D eigenvalue weighted by atomic mass is 32.2. The van der Waals surface area contributed by atoms with Crippen LogP contribution in [0.1, 0.15) is 18.7 Å². The molecular formula is C10H14N4O2S. The van der Waals surface area contributed by atoms with Crippen molar-refractivity contribution >= 4 is 10.0 Å². The Kier molecular flexibility index (Phi) is 3.17. The molecule has 7 heteroatoms. The van der Waals surface area contributed by atoms with Crippen molar-refractivity contribution in [2.45, 2.75) is 24.8 Å². The summed E-state index contributed by atoms with van der Waals surface area (Å²) in [7, 11) is -3.47. The van der Waals surface area contributed by atoms with Gasteiger partial charge in [0.15, 0.2) is 5.03 Å². The lowest BCUT2D eigenvalue weighted by Gasteiger charge is -2.27. The van der Waals surface area contributed by atoms with Gasteiger partial charge in [0.2, 0.25) is 0 Å². The third-order valence-corrected chi connectivity index (χ3v) is 4.74. The van der Waals surface area contributed by atoms with Gasteiger partial charge in [0, 0.05) is 19.0 Å². The molecular weight excluding hydrogens is 240 g/mol. The van der Waals surface area contributed by atoms with Crippen molar-refractivity contribution in [1.82, 2.24) is 14.3 Å². The molecule has 1 aromatic rings. The molecule has 0 spiro atoms. The second-order valence-corrected chi connectivity index (χ2v) is 6.05. The van der Waals surface area contributed by atoms with Crippen LogP contribution in [0.25, 0.3) is 0 Å². The first-order chi connectivity index (χ1) is 8.04. The number of imidazole rings is 1. The Balaban J connectivity index is 2.16. The minimum Gasteiger partial charge on any atom is -0.332 e. The highest BCUT2D eigenvalue weighted by molar-refractivity contribution is 7.89. The number of aromatic amines is 1. The quantitative estimate of drug-likeness (QED) is 0.838. The molecule has 1 aliphatic heterocycles. The molecule has 1 aromatic heterocycles. The molecule has 1 aliphatic rings. The van der Waals surface area contributed by atoms with Gasteiger partial charge in [-0.15, -0.1) is 0 Å². The van der Waals surface area contributed by atoms with Crippen LogP contribution in [0.3, 0.4) is 0 Å². The fraction of sp³-hybridized carbons (Fsp3) is 0.600. The predicted molar refractivity (Wildman–Crippen MR) is 60.4 cm³/mol. The molecule has 0 aliphatic carbocycles. The third-order valence-electron chi connectivity index (χ3n) is 2.93. The molecule has 0 atom stereocenters. The normalized spacial score (nSPS) is 19.1. The van der Waals surface area contributed by atoms with Crippen molar-refractivity contribution in [3.05, 3.63) is 12.0 Å². The average Bonchev–Trinajstić information content (AvgIpc) is 2.77. The molecule has 0 amide bonds. The van der Waals surface area contributed by atoms with Gasteiger partial charge in [-0.3, -0.25) is 0 Å². The van der Waals surface area contributed by atoms with E-state index in [0.29, 0.717) is 31.8 Å². The summed E-state index contributed by atoms with van der Waals surface area (Å²) in [6, 6.07) is 2.18. The second kappa shape index (κ2) is 4.47. The molecule has 0 unspecified atom stereocenters. The molecule has 1 N–H and O–H groups in total. The molecule has 92 valence electrons. The van der Waals surface area contributed by atoms with Crippen LogP contribution < -0.4 is 0 Å². The number of rotatable bonds is 2. The van der Waals surface area contributed by atoms with Crippen LogP contribution in [0, 0.1) is 24.2 Å². The second-order valence-electron chi connectivity index (χ2n) is 4.14. The summed E-state index contributed by atoms with van der Waals surface area (Å²) in [4.78, 5) is 6.63. The summed E-state index contributed by atoms with van der Waals surface area (Å²) < 4.78 is 25.7. The van der Waals surface area contributed by atoms with E-state index in [2.05, 4.69) is 16.0 Å². The SMILES string of the molecule is Cc1ncc(S(=O)(=O)N2CCC(C#N)CC2)[nH]1. The van der Waals surface area contributed by atoms with Crippen molar-refractivity contribution in [3.63, 3.8) is 0 Å². The first-order valence-corrected chi connectivity index (χ1v) is 6.89. The fourth-order valence-corrected chi connectivity index (χ4v) is 3.33. The highest BCUT2D eigenvalue weighted by Crippen LogP contribution is 2.22. The number of aromatic nitrogens is 2. The van der Waals surface area contributed by atoms with Crippen LogP contribution in [0.15, 0.2) is 11.2 Å². The van der Waals surface area contributed by atoms with E-state index in [-0.39, 0.29) is 10.9 Å². The van der Waals surface area contributed by atoms with Crippen molar-refractivity contribution < 1.29 is 8.42 Å². The topological polar surface area (TPSA) is 89.8 Å². The Morgan fingerprint density at radius 2 is 2.18 bits per heavy atom. The lowest BCUT2D eigenvalue weighted by Crippen LogP contribution is -2.38. The summed E-state index contributed by atoms with van der Waals surface area (Å²) in [5.41, 5.74) is 0. The van der Waals surface area contributed by atoms with E-state index < -0.39 is 10.0 Å². The van der Waals surface area contributed by atoms with Gasteiger partial charge in [-0.05, 0) is 19.8 Å². The molecule has 0 bridgehead atoms. The van der Waals surface area contributed by atoms with Gasteiger partial charge in [-0.25, -0.2) is 13.4 Å². The van der Waals surface area contributed by atoms with Gasteiger partial charge in [0.1, 0.15) is 5.82 Å². The van der Waals surface area contributed by atoms with Gasteiger partial charge in [0.05, 0.1) is 12.3 Å². The maximum Gasteiger partial charge on any atom is 0.260 e. The molecule has 6 nitrogen and oxygen atoms in total. The first-order valence-electron chi connectivity index (χ1n) is 5.45. The van der Waals surface area contributed by atoms with Crippen molar-refractivity contribution in [2.75, 3.05) is 13.1 Å². The molecule has 2 rings (SSSR count). The Hall–Kier alpha value is -1.39. The van der Waals surface area contributed by atoms with Crippen molar-refractivity contribution in [3.8, 4) is 6.07 Å². The van der Waals surface area contributed by atoms with Crippen LogP contribution in [0.4, 0.5) is 0 Å². The largest absolute Gasteiger partial charge is 0.332 e. The van der Waals surface area contributed by atoms with Crippen LogP contribution >= 0.6 is 0 Å². The number of nitrogens with one attached hydrogen (secondary N) is 1. The number of hydrogen-bond acceptors (Lipinski definition) is 4. The van der Waals surface area contributed by atoms with E-state index in [1.54, 1.807) is 6.92 Å². The van der Waals surface area contributed by atoms with E-state index in [4.69, 9.17) is 5.26 Å². The zero-order valence-corrected chi connectivity index (χ0v) is 10.4. The zero-order chi connectivity index (χ0) is 12.5. The van der Waals surface area contributed by atoms with E-state index in [1.807, 2.05) is 0 Å². The highest BCUT2D eigenvalue weighted by Gasteiger charge is 2.30. The predicted octanol–water partition coefficient (Wildman–Crippen LogP) is 0.642. The number of H-pyrrole nitrogens is 1. The number of hydrogen-bond donors (Lipinski definition) is 1. The maximum absolute atomic E-state index is 12.2. The molecule has 17 heavy (non-hydrogen) atoms. The Bertz CT molecular complexity index is 535. The van der Waals surface area contributed by atoms with Crippen molar-refractivity contribution in [1.29, 1.82) is 5.26 Å². The minimum absolute atomic E-state index is 0.0232. The summed E-state index contributed by atoms with van der Waals surface area (Å²) in [5.74, 6) is 0.556. The smallest absolute Gasteiger partial charge is 0.260 e. The fourth-order valence-electron chi connectivity index (χ4n) is 1.89. The van der Waals surface area contributed by atoms with E-state index in [1.165, 1.54) is 10.5 Å². The molecule has 0 radical (unpaired) electrons. The molecule has 2 heterocycles. The number of nitriles is 1. The van der Waals surface area contributed by atoms with E-state index in [0.717, 1.165) is 0 Å². The standard InChI is InChI=1S/C10H14N4O2S/c1-8-12-7-10(13-8)17(15,16)14-4-2-9(6-11)3-5-14/h7,9H,2-5H2,1H3,(H,12,13). The van der Waals surface area contributed by atoms with Crippen LogP contribution in [-0.4, -0.2) is 35.8 Å². The minimum atomic E-state index is -3.47. The zero-order valence-electron chi connectivity index (χ0n) is 9.55. The van der Waals surface area contributed by atoms with Gasteiger partial charge in [0.25, 0.3) is 10.0 Å². The van der Waals surface area contributed by atoms with Crippen LogP contribution in [-0.2, 0) is 10.0 Å². The van der Waals surface area contributed by atoms with Gasteiger partial charge >= 0.3 is 0 Å². The number of aryl methyl sites for hydroxylation is 1. The van der Waals surface area contributed by atoms with Crippen LogP contribution in [0.5, 0.6) is 0 Å². The number of sulfonamides is 1. The van der Waals surface area contributed by atoms with Crippen molar-refractivity contribution in [2.24, 2.45) is 5.92 Å². The Labute approximate surface area is 100 Å². The monoisotopic (exact) mass is 254 g/mol. The Morgan fingerprint density at radius 1 is 1.53 bits per heavy atom. The summed E-state index contributed by atoms with van der Waals surface area (Å²) >= 11 is 0. The summed E-state index contributed by atoms with van der Waals surface area (Å²) in [6.45, 7) is 2.51. The van der Waals surface area contributed by atoms with E-state index >= 15 is 0 Å². The number of nitrogens with zero attached hydrogens (tertiary/aromatic N) is 3. The third kappa shape index (κ3) is 2.33. The van der Waals surface area contributed by atoms with E-state index in [9.17, 15) is 8.42 Å². The lowest BCUT2D eigenvalue weighted by atomic mass is 10.0. The molecule has 1 fully saturated rings. The molecule has 0 aromatic carbocycles. The van der Waals surface area contributed by atoms with Gasteiger partial charge < -0.3 is 4.98 Å². The summed E-state index contributed by atoms with van der Waals surface area (Å²) in [6.07, 6.45) is 2.53. The molecule has 0 saturated carbocycles. The van der Waals surface area contributed by atoms with Gasteiger partial charge in [-0.1, -0.05) is 0 Å². The summed E-state index contributed by atoms with van der Waals surface area (Å²) in [5, 5.41) is 8.90. The molecule has 1 saturated heterocycles. The Morgan fingerprint density at radius 3 is 2.65 bits per heavy atom. The number of piperidine rings is 1. The van der Waals surface area contributed by atoms with Gasteiger partial charge in [-0.2, -0.15) is 9.57 Å². The maximum atomic E-state index is 12.2. The van der Waals surface area contributed by atoms with Crippen LogP contribution in [0.2, 0.25) is 0 Å². The first kappa shape index (κ1) is 12.1. The lowest BCUT2D eigenvalue weighted by molar-refractivity contribution is 0.309. The average molecular weight is 254 g/mol.